The number of hydrogen-bond acceptors (Lipinski definition) is 6. The molecule has 0 atom stereocenters. The minimum absolute atomic E-state index is 0.221. The van der Waals surface area contributed by atoms with Crippen LogP contribution in [0.5, 0.6) is 23.1 Å². The largest absolute Gasteiger partial charge is 0.493 e. The number of rotatable bonds is 6. The number of anilines is 2. The summed E-state index contributed by atoms with van der Waals surface area (Å²) in [6.45, 7) is 0. The molecule has 2 amide bonds. The number of hydrogen-bond donors (Lipinski definition) is 2. The van der Waals surface area contributed by atoms with E-state index in [4.69, 9.17) is 14.2 Å². The molecule has 0 aliphatic heterocycles. The second-order valence-electron chi connectivity index (χ2n) is 7.18. The van der Waals surface area contributed by atoms with Gasteiger partial charge < -0.3 is 24.8 Å². The third kappa shape index (κ3) is 5.52. The highest BCUT2D eigenvalue weighted by molar-refractivity contribution is 5.99. The Morgan fingerprint density at radius 3 is 1.97 bits per heavy atom. The van der Waals surface area contributed by atoms with Crippen molar-refractivity contribution in [3.05, 3.63) is 72.6 Å². The summed E-state index contributed by atoms with van der Waals surface area (Å²) in [6.07, 6.45) is -3.08. The Bertz CT molecular complexity index is 1340. The summed E-state index contributed by atoms with van der Waals surface area (Å²) in [6, 6.07) is 13.4. The van der Waals surface area contributed by atoms with Crippen LogP contribution in [0.1, 0.15) is 5.56 Å². The van der Waals surface area contributed by atoms with E-state index in [-0.39, 0.29) is 5.69 Å². The molecule has 3 aromatic carbocycles. The molecule has 180 valence electrons. The number of halogens is 3. The van der Waals surface area contributed by atoms with E-state index < -0.39 is 17.8 Å². The smallest absolute Gasteiger partial charge is 0.416 e. The van der Waals surface area contributed by atoms with Gasteiger partial charge in [-0.3, -0.25) is 0 Å². The summed E-state index contributed by atoms with van der Waals surface area (Å²) < 4.78 is 54.5. The summed E-state index contributed by atoms with van der Waals surface area (Å²) in [5.41, 5.74) is 0.470. The third-order valence-electron chi connectivity index (χ3n) is 4.90. The Morgan fingerprint density at radius 2 is 1.40 bits per heavy atom. The van der Waals surface area contributed by atoms with Crippen LogP contribution in [0, 0.1) is 0 Å². The highest BCUT2D eigenvalue weighted by atomic mass is 19.4. The fourth-order valence-electron chi connectivity index (χ4n) is 3.19. The fourth-order valence-corrected chi connectivity index (χ4v) is 3.19. The maximum absolute atomic E-state index is 12.7. The summed E-state index contributed by atoms with van der Waals surface area (Å²) in [5, 5.41) is 5.69. The molecule has 0 aliphatic carbocycles. The lowest BCUT2D eigenvalue weighted by atomic mass is 10.2. The first-order chi connectivity index (χ1) is 16.8. The van der Waals surface area contributed by atoms with Gasteiger partial charge in [-0.05, 0) is 54.6 Å². The van der Waals surface area contributed by atoms with Gasteiger partial charge in [0, 0.05) is 17.4 Å². The van der Waals surface area contributed by atoms with Crippen LogP contribution in [0.25, 0.3) is 10.9 Å². The Labute approximate surface area is 197 Å². The molecule has 35 heavy (non-hydrogen) atoms. The SMILES string of the molecule is COc1cc2ncnc(Oc3ccc(NC(=O)Nc4ccc(C(F)(F)F)cc4)cc3)c2cc1OC. The van der Waals surface area contributed by atoms with E-state index in [0.717, 1.165) is 12.1 Å². The molecule has 11 heteroatoms. The lowest BCUT2D eigenvalue weighted by molar-refractivity contribution is -0.137. The average molecular weight is 484 g/mol. The maximum Gasteiger partial charge on any atom is 0.416 e. The van der Waals surface area contributed by atoms with Crippen molar-refractivity contribution in [3.8, 4) is 23.1 Å². The predicted molar refractivity (Wildman–Crippen MR) is 123 cm³/mol. The number of amides is 2. The van der Waals surface area contributed by atoms with Gasteiger partial charge in [-0.1, -0.05) is 0 Å². The second kappa shape index (κ2) is 9.75. The molecule has 4 aromatic rings. The Hall–Kier alpha value is -4.54. The molecule has 0 bridgehead atoms. The summed E-state index contributed by atoms with van der Waals surface area (Å²) in [5.74, 6) is 1.78. The Kier molecular flexibility index (Phi) is 6.58. The minimum atomic E-state index is -4.44. The number of aromatic nitrogens is 2. The molecule has 0 saturated heterocycles. The number of benzene rings is 3. The molecule has 2 N–H and O–H groups in total. The van der Waals surface area contributed by atoms with Crippen LogP contribution in [0.15, 0.2) is 67.0 Å². The van der Waals surface area contributed by atoms with Crippen LogP contribution in [0.3, 0.4) is 0 Å². The Balaban J connectivity index is 1.43. The van der Waals surface area contributed by atoms with Gasteiger partial charge in [0.2, 0.25) is 5.88 Å². The van der Waals surface area contributed by atoms with Crippen LogP contribution in [0.4, 0.5) is 29.3 Å². The molecule has 4 rings (SSSR count). The van der Waals surface area contributed by atoms with Crippen LogP contribution in [-0.4, -0.2) is 30.2 Å². The zero-order chi connectivity index (χ0) is 25.0. The first-order valence-corrected chi connectivity index (χ1v) is 10.2. The van der Waals surface area contributed by atoms with E-state index in [1.54, 1.807) is 36.4 Å². The van der Waals surface area contributed by atoms with E-state index >= 15 is 0 Å². The third-order valence-corrected chi connectivity index (χ3v) is 4.90. The van der Waals surface area contributed by atoms with Crippen LogP contribution >= 0.6 is 0 Å². The molecule has 0 aliphatic rings. The van der Waals surface area contributed by atoms with E-state index in [1.807, 2.05) is 0 Å². The van der Waals surface area contributed by atoms with Crippen molar-refractivity contribution < 1.29 is 32.2 Å². The standard InChI is InChI=1S/C24H19F3N4O4/c1-33-20-11-18-19(12-21(20)34-2)28-13-29-22(18)35-17-9-7-16(8-10-17)31-23(32)30-15-5-3-14(4-6-15)24(25,26)27/h3-13H,1-2H3,(H2,30,31,32). The van der Waals surface area contributed by atoms with Crippen molar-refractivity contribution in [1.29, 1.82) is 0 Å². The first-order valence-electron chi connectivity index (χ1n) is 10.2. The summed E-state index contributed by atoms with van der Waals surface area (Å²) in [4.78, 5) is 20.6. The molecule has 0 radical (unpaired) electrons. The van der Waals surface area contributed by atoms with Crippen molar-refractivity contribution in [2.45, 2.75) is 6.18 Å². The number of methoxy groups -OCH3 is 2. The number of nitrogens with zero attached hydrogens (tertiary/aromatic N) is 2. The lowest BCUT2D eigenvalue weighted by Gasteiger charge is -2.12. The number of ether oxygens (including phenoxy) is 3. The highest BCUT2D eigenvalue weighted by Crippen LogP contribution is 2.36. The van der Waals surface area contributed by atoms with Gasteiger partial charge in [-0.15, -0.1) is 0 Å². The lowest BCUT2D eigenvalue weighted by Crippen LogP contribution is -2.19. The molecule has 0 unspecified atom stereocenters. The number of carbonyl (C=O) groups is 1. The normalized spacial score (nSPS) is 11.1. The van der Waals surface area contributed by atoms with Crippen molar-refractivity contribution in [2.24, 2.45) is 0 Å². The molecular weight excluding hydrogens is 465 g/mol. The van der Waals surface area contributed by atoms with Gasteiger partial charge in [0.15, 0.2) is 11.5 Å². The van der Waals surface area contributed by atoms with Gasteiger partial charge in [-0.25, -0.2) is 14.8 Å². The van der Waals surface area contributed by atoms with Gasteiger partial charge in [0.1, 0.15) is 12.1 Å². The van der Waals surface area contributed by atoms with Crippen molar-refractivity contribution in [3.63, 3.8) is 0 Å². The van der Waals surface area contributed by atoms with Crippen LogP contribution in [0.2, 0.25) is 0 Å². The topological polar surface area (TPSA) is 94.6 Å². The molecule has 1 heterocycles. The Morgan fingerprint density at radius 1 is 0.829 bits per heavy atom. The van der Waals surface area contributed by atoms with Crippen molar-refractivity contribution in [2.75, 3.05) is 24.9 Å². The molecular formula is C24H19F3N4O4. The van der Waals surface area contributed by atoms with Gasteiger partial charge in [0.25, 0.3) is 0 Å². The highest BCUT2D eigenvalue weighted by Gasteiger charge is 2.30. The van der Waals surface area contributed by atoms with E-state index in [1.165, 1.54) is 32.7 Å². The van der Waals surface area contributed by atoms with Gasteiger partial charge >= 0.3 is 12.2 Å². The van der Waals surface area contributed by atoms with Crippen LogP contribution in [-0.2, 0) is 6.18 Å². The maximum atomic E-state index is 12.7. The number of carbonyl (C=O) groups excluding carboxylic acids is 1. The minimum Gasteiger partial charge on any atom is -0.493 e. The quantitative estimate of drug-likeness (QED) is 0.343. The molecule has 8 nitrogen and oxygen atoms in total. The van der Waals surface area contributed by atoms with Gasteiger partial charge in [-0.2, -0.15) is 13.2 Å². The van der Waals surface area contributed by atoms with E-state index in [0.29, 0.717) is 39.7 Å². The zero-order valence-electron chi connectivity index (χ0n) is 18.5. The van der Waals surface area contributed by atoms with E-state index in [2.05, 4.69) is 20.6 Å². The number of fused-ring (bicyclic) bond motifs is 1. The summed E-state index contributed by atoms with van der Waals surface area (Å²) >= 11 is 0. The molecule has 1 aromatic heterocycles. The first kappa shape index (κ1) is 23.6. The number of urea groups is 1. The van der Waals surface area contributed by atoms with Crippen molar-refractivity contribution in [1.82, 2.24) is 9.97 Å². The summed E-state index contributed by atoms with van der Waals surface area (Å²) in [7, 11) is 3.05. The predicted octanol–water partition coefficient (Wildman–Crippen LogP) is 6.10. The number of alkyl halides is 3. The van der Waals surface area contributed by atoms with Crippen molar-refractivity contribution >= 4 is 28.3 Å². The number of nitrogens with one attached hydrogen (secondary N) is 2. The zero-order valence-corrected chi connectivity index (χ0v) is 18.5. The monoisotopic (exact) mass is 484 g/mol. The van der Waals surface area contributed by atoms with Gasteiger partial charge in [0.05, 0.1) is 30.7 Å². The van der Waals surface area contributed by atoms with E-state index in [9.17, 15) is 18.0 Å². The molecule has 0 saturated carbocycles. The molecule has 0 spiro atoms. The average Bonchev–Trinajstić information content (AvgIpc) is 2.84. The molecule has 0 fully saturated rings. The second-order valence-corrected chi connectivity index (χ2v) is 7.18. The van der Waals surface area contributed by atoms with Crippen LogP contribution < -0.4 is 24.8 Å². The fraction of sp³-hybridized carbons (Fsp3) is 0.125.